The van der Waals surface area contributed by atoms with Gasteiger partial charge in [0.25, 0.3) is 0 Å². The summed E-state index contributed by atoms with van der Waals surface area (Å²) < 4.78 is 9.76. The van der Waals surface area contributed by atoms with Crippen molar-refractivity contribution in [3.8, 4) is 5.75 Å². The van der Waals surface area contributed by atoms with E-state index in [1.165, 1.54) is 7.11 Å². The van der Waals surface area contributed by atoms with Crippen LogP contribution in [-0.2, 0) is 9.53 Å². The Morgan fingerprint density at radius 2 is 1.93 bits per heavy atom. The lowest BCUT2D eigenvalue weighted by Crippen LogP contribution is -2.15. The quantitative estimate of drug-likeness (QED) is 0.624. The monoisotopic (exact) mass is 272 g/mol. The van der Waals surface area contributed by atoms with Crippen LogP contribution in [0.1, 0.15) is 11.5 Å². The van der Waals surface area contributed by atoms with E-state index in [1.54, 1.807) is 7.11 Å². The number of methoxy groups -OCH3 is 2. The number of hydrogen-bond donors (Lipinski definition) is 0. The molecule has 3 nitrogen and oxygen atoms in total. The Kier molecular flexibility index (Phi) is 4.62. The normalized spacial score (nSPS) is 11.9. The first-order valence-corrected chi connectivity index (χ1v) is 5.62. The fourth-order valence-corrected chi connectivity index (χ4v) is 1.90. The third kappa shape index (κ3) is 2.96. The van der Waals surface area contributed by atoms with E-state index in [0.717, 1.165) is 11.3 Å². The first-order chi connectivity index (χ1) is 7.22. The van der Waals surface area contributed by atoms with Crippen LogP contribution >= 0.6 is 15.9 Å². The minimum atomic E-state index is -0.263. The minimum Gasteiger partial charge on any atom is -0.497 e. The van der Waals surface area contributed by atoms with Crippen molar-refractivity contribution < 1.29 is 14.3 Å². The molecule has 1 aromatic rings. The van der Waals surface area contributed by atoms with Crippen LogP contribution < -0.4 is 4.74 Å². The van der Waals surface area contributed by atoms with Crippen LogP contribution in [0.2, 0.25) is 0 Å². The lowest BCUT2D eigenvalue weighted by atomic mass is 10.0. The molecule has 1 rings (SSSR count). The van der Waals surface area contributed by atoms with Gasteiger partial charge in [0.05, 0.1) is 20.1 Å². The van der Waals surface area contributed by atoms with Gasteiger partial charge in [-0.05, 0) is 17.7 Å². The molecule has 0 radical (unpaired) electrons. The van der Waals surface area contributed by atoms with E-state index < -0.39 is 0 Å². The zero-order chi connectivity index (χ0) is 11.3. The molecule has 0 fully saturated rings. The van der Waals surface area contributed by atoms with Crippen LogP contribution in [-0.4, -0.2) is 25.5 Å². The average Bonchev–Trinajstić information content (AvgIpc) is 2.30. The maximum Gasteiger partial charge on any atom is 0.313 e. The molecule has 0 spiro atoms. The molecule has 4 heteroatoms. The number of hydrogen-bond acceptors (Lipinski definition) is 3. The number of halogens is 1. The summed E-state index contributed by atoms with van der Waals surface area (Å²) in [6.45, 7) is 0. The molecule has 0 amide bonds. The van der Waals surface area contributed by atoms with Gasteiger partial charge < -0.3 is 9.47 Å². The smallest absolute Gasteiger partial charge is 0.313 e. The second kappa shape index (κ2) is 5.75. The van der Waals surface area contributed by atoms with Crippen molar-refractivity contribution in [1.29, 1.82) is 0 Å². The average molecular weight is 273 g/mol. The van der Waals surface area contributed by atoms with Crippen molar-refractivity contribution in [2.45, 2.75) is 5.92 Å². The Morgan fingerprint density at radius 3 is 2.33 bits per heavy atom. The molecule has 0 aliphatic rings. The van der Waals surface area contributed by atoms with Gasteiger partial charge in [0.2, 0.25) is 0 Å². The maximum atomic E-state index is 11.4. The summed E-state index contributed by atoms with van der Waals surface area (Å²) in [5.74, 6) is 0.273. The van der Waals surface area contributed by atoms with Crippen molar-refractivity contribution in [2.24, 2.45) is 0 Å². The predicted molar refractivity (Wildman–Crippen MR) is 61.5 cm³/mol. The summed E-state index contributed by atoms with van der Waals surface area (Å²) in [6.07, 6.45) is 0. The number of benzene rings is 1. The highest BCUT2D eigenvalue weighted by Crippen LogP contribution is 2.22. The SMILES string of the molecule is COC(=O)C(CBr)c1ccc(OC)cc1. The number of carbonyl (C=O) groups excluding carboxylic acids is 1. The molecule has 0 N–H and O–H groups in total. The van der Waals surface area contributed by atoms with Gasteiger partial charge in [0, 0.05) is 5.33 Å². The van der Waals surface area contributed by atoms with Crippen molar-refractivity contribution in [3.63, 3.8) is 0 Å². The first-order valence-electron chi connectivity index (χ1n) is 4.50. The lowest BCUT2D eigenvalue weighted by molar-refractivity contribution is -0.141. The zero-order valence-corrected chi connectivity index (χ0v) is 10.3. The highest BCUT2D eigenvalue weighted by Gasteiger charge is 2.19. The first kappa shape index (κ1) is 12.0. The van der Waals surface area contributed by atoms with Gasteiger partial charge in [0.15, 0.2) is 0 Å². The fraction of sp³-hybridized carbons (Fsp3) is 0.364. The molecule has 0 bridgehead atoms. The van der Waals surface area contributed by atoms with E-state index in [2.05, 4.69) is 15.9 Å². The van der Waals surface area contributed by atoms with Gasteiger partial charge in [-0.2, -0.15) is 0 Å². The molecule has 0 heterocycles. The fourth-order valence-electron chi connectivity index (χ4n) is 1.27. The summed E-state index contributed by atoms with van der Waals surface area (Å²) in [4.78, 5) is 11.4. The summed E-state index contributed by atoms with van der Waals surface area (Å²) in [7, 11) is 3.00. The zero-order valence-electron chi connectivity index (χ0n) is 8.70. The van der Waals surface area contributed by atoms with E-state index >= 15 is 0 Å². The van der Waals surface area contributed by atoms with E-state index in [-0.39, 0.29) is 11.9 Å². The number of carbonyl (C=O) groups is 1. The summed E-state index contributed by atoms with van der Waals surface area (Å²) >= 11 is 3.30. The van der Waals surface area contributed by atoms with Crippen molar-refractivity contribution >= 4 is 21.9 Å². The van der Waals surface area contributed by atoms with Crippen molar-refractivity contribution in [3.05, 3.63) is 29.8 Å². The molecule has 0 saturated heterocycles. The maximum absolute atomic E-state index is 11.4. The summed E-state index contributed by atoms with van der Waals surface area (Å²) in [6, 6.07) is 7.38. The van der Waals surface area contributed by atoms with Gasteiger partial charge in [-0.1, -0.05) is 28.1 Å². The number of ether oxygens (including phenoxy) is 2. The molecular formula is C11H13BrO3. The molecule has 15 heavy (non-hydrogen) atoms. The Morgan fingerprint density at radius 1 is 1.33 bits per heavy atom. The molecule has 82 valence electrons. The lowest BCUT2D eigenvalue weighted by Gasteiger charge is -2.12. The highest BCUT2D eigenvalue weighted by molar-refractivity contribution is 9.09. The minimum absolute atomic E-state index is 0.239. The molecule has 1 atom stereocenters. The molecule has 0 aliphatic carbocycles. The van der Waals surface area contributed by atoms with Crippen LogP contribution in [0.5, 0.6) is 5.75 Å². The number of alkyl halides is 1. The Balaban J connectivity index is 2.87. The Labute approximate surface area is 97.5 Å². The van der Waals surface area contributed by atoms with E-state index in [1.807, 2.05) is 24.3 Å². The topological polar surface area (TPSA) is 35.5 Å². The van der Waals surface area contributed by atoms with E-state index in [0.29, 0.717) is 5.33 Å². The van der Waals surface area contributed by atoms with Gasteiger partial charge in [-0.25, -0.2) is 0 Å². The summed E-state index contributed by atoms with van der Waals surface area (Å²) in [5, 5.41) is 0.548. The van der Waals surface area contributed by atoms with Gasteiger partial charge in [-0.15, -0.1) is 0 Å². The Hall–Kier alpha value is -1.03. The van der Waals surface area contributed by atoms with Crippen LogP contribution in [0.15, 0.2) is 24.3 Å². The largest absolute Gasteiger partial charge is 0.497 e. The van der Waals surface area contributed by atoms with Crippen LogP contribution in [0.4, 0.5) is 0 Å². The molecular weight excluding hydrogens is 260 g/mol. The van der Waals surface area contributed by atoms with Crippen molar-refractivity contribution in [1.82, 2.24) is 0 Å². The van der Waals surface area contributed by atoms with E-state index in [4.69, 9.17) is 9.47 Å². The van der Waals surface area contributed by atoms with E-state index in [9.17, 15) is 4.79 Å². The van der Waals surface area contributed by atoms with Gasteiger partial charge in [0.1, 0.15) is 5.75 Å². The molecule has 0 saturated carbocycles. The second-order valence-corrected chi connectivity index (χ2v) is 3.65. The molecule has 0 aliphatic heterocycles. The standard InChI is InChI=1S/C11H13BrO3/c1-14-9-5-3-8(4-6-9)10(7-12)11(13)15-2/h3-6,10H,7H2,1-2H3. The third-order valence-corrected chi connectivity index (χ3v) is 2.81. The van der Waals surface area contributed by atoms with Crippen LogP contribution in [0, 0.1) is 0 Å². The number of rotatable bonds is 4. The van der Waals surface area contributed by atoms with Crippen molar-refractivity contribution in [2.75, 3.05) is 19.5 Å². The predicted octanol–water partition coefficient (Wildman–Crippen LogP) is 2.35. The molecule has 1 aromatic carbocycles. The van der Waals surface area contributed by atoms with Gasteiger partial charge in [-0.3, -0.25) is 4.79 Å². The number of esters is 1. The third-order valence-electron chi connectivity index (χ3n) is 2.16. The van der Waals surface area contributed by atoms with Crippen LogP contribution in [0.3, 0.4) is 0 Å². The highest BCUT2D eigenvalue weighted by atomic mass is 79.9. The second-order valence-electron chi connectivity index (χ2n) is 3.00. The molecule has 0 aromatic heterocycles. The Bertz CT molecular complexity index is 321. The molecule has 1 unspecified atom stereocenters. The van der Waals surface area contributed by atoms with Crippen LogP contribution in [0.25, 0.3) is 0 Å². The van der Waals surface area contributed by atoms with Gasteiger partial charge >= 0.3 is 5.97 Å². The summed E-state index contributed by atoms with van der Waals surface area (Å²) in [5.41, 5.74) is 0.916.